The molecular weight excluding hydrogens is 276 g/mol. The largest absolute Gasteiger partial charge is 0.378 e. The second-order valence-corrected chi connectivity index (χ2v) is 5.28. The Morgan fingerprint density at radius 2 is 1.27 bits per heavy atom. The van der Waals surface area contributed by atoms with Crippen molar-refractivity contribution in [3.63, 3.8) is 0 Å². The van der Waals surface area contributed by atoms with E-state index in [-0.39, 0.29) is 0 Å². The highest BCUT2D eigenvalue weighted by molar-refractivity contribution is 5.69. The number of hydrogen-bond acceptors (Lipinski definition) is 5. The van der Waals surface area contributed by atoms with Gasteiger partial charge in [0, 0.05) is 24.9 Å². The van der Waals surface area contributed by atoms with E-state index in [1.807, 2.05) is 25.7 Å². The van der Waals surface area contributed by atoms with E-state index in [9.17, 15) is 0 Å². The van der Waals surface area contributed by atoms with Gasteiger partial charge in [-0.15, -0.1) is 10.2 Å². The molecule has 0 aromatic carbocycles. The summed E-state index contributed by atoms with van der Waals surface area (Å²) in [6, 6.07) is 0. The highest BCUT2D eigenvalue weighted by Crippen LogP contribution is 2.40. The number of hydrogen-bond donors (Lipinski definition) is 0. The molecule has 0 atom stereocenters. The minimum absolute atomic E-state index is 0.725. The van der Waals surface area contributed by atoms with Crippen LogP contribution in [0, 0.1) is 63.2 Å². The first-order chi connectivity index (χ1) is 10.9. The fourth-order valence-electron chi connectivity index (χ4n) is 2.86. The molecule has 5 heteroatoms. The fourth-order valence-corrected chi connectivity index (χ4v) is 2.86. The summed E-state index contributed by atoms with van der Waals surface area (Å²) in [5.74, 6) is 2.15. The second-order valence-electron chi connectivity index (χ2n) is 5.28. The average Bonchev–Trinajstić information content (AvgIpc) is 3.28. The average molecular weight is 292 g/mol. The van der Waals surface area contributed by atoms with Gasteiger partial charge >= 0.3 is 0 Å². The summed E-state index contributed by atoms with van der Waals surface area (Å²) in [6.07, 6.45) is 16.3. The van der Waals surface area contributed by atoms with E-state index in [1.165, 1.54) is 0 Å². The Morgan fingerprint density at radius 1 is 0.773 bits per heavy atom. The first-order valence-corrected chi connectivity index (χ1v) is 7.44. The molecule has 0 bridgehead atoms. The number of morpholine rings is 1. The Kier molecular flexibility index (Phi) is 4.24. The predicted octanol–water partition coefficient (Wildman–Crippen LogP) is 1.21. The summed E-state index contributed by atoms with van der Waals surface area (Å²) in [6.45, 7) is 3.13. The van der Waals surface area contributed by atoms with E-state index in [4.69, 9.17) is 4.74 Å². The van der Waals surface area contributed by atoms with E-state index in [1.54, 1.807) is 0 Å². The Bertz CT molecular complexity index is 469. The monoisotopic (exact) mass is 292 g/mol. The van der Waals surface area contributed by atoms with Crippen LogP contribution in [0.4, 0.5) is 5.69 Å². The van der Waals surface area contributed by atoms with Crippen LogP contribution in [0.5, 0.6) is 0 Å². The number of anilines is 1. The predicted molar refractivity (Wildman–Crippen MR) is 81.9 cm³/mol. The third kappa shape index (κ3) is 2.71. The molecule has 1 aromatic heterocycles. The molecule has 110 valence electrons. The van der Waals surface area contributed by atoms with E-state index in [2.05, 4.69) is 46.0 Å². The molecule has 1 aliphatic heterocycles. The molecule has 3 fully saturated rings. The van der Waals surface area contributed by atoms with Gasteiger partial charge in [-0.2, -0.15) is 0 Å². The quantitative estimate of drug-likeness (QED) is 0.838. The lowest BCUT2D eigenvalue weighted by atomic mass is 9.95. The van der Waals surface area contributed by atoms with Gasteiger partial charge in [-0.25, -0.2) is 0 Å². The summed E-state index contributed by atoms with van der Waals surface area (Å²) in [5.41, 5.74) is 2.83. The Morgan fingerprint density at radius 3 is 1.77 bits per heavy atom. The number of aromatic nitrogens is 3. The third-order valence-electron chi connectivity index (χ3n) is 3.94. The van der Waals surface area contributed by atoms with Crippen molar-refractivity contribution in [3.05, 3.63) is 74.6 Å². The molecule has 4 rings (SSSR count). The Hall–Kier alpha value is -1.23. The Labute approximate surface area is 132 Å². The molecule has 22 heavy (non-hydrogen) atoms. The van der Waals surface area contributed by atoms with Crippen molar-refractivity contribution in [2.75, 3.05) is 31.2 Å². The third-order valence-corrected chi connectivity index (χ3v) is 3.94. The number of nitrogens with zero attached hydrogens (tertiary/aromatic N) is 4. The van der Waals surface area contributed by atoms with Gasteiger partial charge in [0.2, 0.25) is 0 Å². The molecule has 10 radical (unpaired) electrons. The zero-order chi connectivity index (χ0) is 14.8. The van der Waals surface area contributed by atoms with E-state index in [0.29, 0.717) is 0 Å². The van der Waals surface area contributed by atoms with Crippen molar-refractivity contribution in [2.45, 2.75) is 0 Å². The minimum atomic E-state index is 0.725. The maximum absolute atomic E-state index is 5.48. The fraction of sp³-hybridized carbons (Fsp3) is 0.235. The molecule has 0 spiro atoms. The molecule has 3 aliphatic rings. The molecule has 0 N–H and O–H groups in total. The van der Waals surface area contributed by atoms with E-state index < -0.39 is 0 Å². The molecule has 0 amide bonds. The topological polar surface area (TPSA) is 51.1 Å². The lowest BCUT2D eigenvalue weighted by molar-refractivity contribution is 0.122. The van der Waals surface area contributed by atoms with Crippen LogP contribution >= 0.6 is 0 Å². The van der Waals surface area contributed by atoms with Crippen LogP contribution in [-0.4, -0.2) is 41.7 Å². The maximum atomic E-state index is 5.48. The highest BCUT2D eigenvalue weighted by Gasteiger charge is 2.33. The molecule has 1 saturated heterocycles. The molecule has 5 nitrogen and oxygen atoms in total. The van der Waals surface area contributed by atoms with Gasteiger partial charge < -0.3 is 9.64 Å². The van der Waals surface area contributed by atoms with Crippen molar-refractivity contribution in [1.82, 2.24) is 15.4 Å². The minimum Gasteiger partial charge on any atom is -0.378 e. The van der Waals surface area contributed by atoms with Gasteiger partial charge in [0.1, 0.15) is 0 Å². The van der Waals surface area contributed by atoms with Crippen molar-refractivity contribution in [2.24, 2.45) is 0 Å². The van der Waals surface area contributed by atoms with E-state index in [0.717, 1.165) is 55.2 Å². The van der Waals surface area contributed by atoms with Crippen LogP contribution in [0.25, 0.3) is 0 Å². The van der Waals surface area contributed by atoms with Gasteiger partial charge in [0.15, 0.2) is 0 Å². The molecule has 2 heterocycles. The molecule has 2 saturated carbocycles. The summed E-state index contributed by atoms with van der Waals surface area (Å²) in [5, 5.41) is 12.6. The lowest BCUT2D eigenvalue weighted by Gasteiger charge is -2.32. The van der Waals surface area contributed by atoms with Crippen LogP contribution in [0.3, 0.4) is 0 Å². The first-order valence-electron chi connectivity index (χ1n) is 7.44. The maximum Gasteiger partial charge on any atom is 0.0978 e. The highest BCUT2D eigenvalue weighted by atomic mass is 16.5. The van der Waals surface area contributed by atoms with Crippen molar-refractivity contribution < 1.29 is 4.74 Å². The summed E-state index contributed by atoms with van der Waals surface area (Å²) in [4.78, 5) is 2.30. The Balaban J connectivity index is 1.74. The first kappa shape index (κ1) is 14.4. The number of rotatable bonds is 3. The van der Waals surface area contributed by atoms with Crippen molar-refractivity contribution in [3.8, 4) is 0 Å². The summed E-state index contributed by atoms with van der Waals surface area (Å²) >= 11 is 0. The van der Waals surface area contributed by atoms with Crippen LogP contribution in [0.2, 0.25) is 0 Å². The van der Waals surface area contributed by atoms with Gasteiger partial charge in [0.25, 0.3) is 0 Å². The normalized spacial score (nSPS) is 24.3. The van der Waals surface area contributed by atoms with Crippen LogP contribution in [0.1, 0.15) is 11.4 Å². The van der Waals surface area contributed by atoms with Crippen LogP contribution < -0.4 is 4.90 Å². The van der Waals surface area contributed by atoms with Crippen LogP contribution in [0.15, 0.2) is 0 Å². The van der Waals surface area contributed by atoms with Crippen molar-refractivity contribution in [1.29, 1.82) is 0 Å². The van der Waals surface area contributed by atoms with Gasteiger partial charge in [-0.3, -0.25) is 0 Å². The zero-order valence-corrected chi connectivity index (χ0v) is 12.1. The summed E-state index contributed by atoms with van der Waals surface area (Å²) in [7, 11) is 0. The molecule has 2 aliphatic carbocycles. The van der Waals surface area contributed by atoms with Gasteiger partial charge in [-0.1, -0.05) is 0 Å². The van der Waals surface area contributed by atoms with Crippen molar-refractivity contribution >= 4 is 5.69 Å². The number of ether oxygens (including phenoxy) is 1. The smallest absolute Gasteiger partial charge is 0.0978 e. The second kappa shape index (κ2) is 6.49. The van der Waals surface area contributed by atoms with Gasteiger partial charge in [0.05, 0.1) is 30.3 Å². The molecular formula is C17H16N4O. The summed E-state index contributed by atoms with van der Waals surface area (Å²) < 4.78 is 5.48. The van der Waals surface area contributed by atoms with Gasteiger partial charge in [-0.05, 0) is 56.6 Å². The SMILES string of the molecule is [CH]1[CH][CH][C](c2nnnc([C]3[CH][CH][CH][CH]3)c2N2CCOCC2)[CH]1. The molecule has 1 aromatic rings. The standard InChI is InChI=1S/C17H16N4O/c1-2-6-13(5-1)15-17(21-9-11-22-12-10-21)16(19-20-18-15)14-7-3-4-8-14/h1-8H,9-12H2. The lowest BCUT2D eigenvalue weighted by Crippen LogP contribution is -2.38. The zero-order valence-electron chi connectivity index (χ0n) is 12.1. The molecule has 0 unspecified atom stereocenters. The van der Waals surface area contributed by atoms with Crippen LogP contribution in [-0.2, 0) is 4.74 Å². The van der Waals surface area contributed by atoms with E-state index >= 15 is 0 Å².